The van der Waals surface area contributed by atoms with E-state index in [1.54, 1.807) is 18.2 Å². The number of fused-ring (bicyclic) bond motifs is 1. The van der Waals surface area contributed by atoms with Crippen molar-refractivity contribution >= 4 is 34.3 Å². The van der Waals surface area contributed by atoms with Gasteiger partial charge in [0, 0.05) is 6.07 Å². The molecule has 2 aromatic carbocycles. The van der Waals surface area contributed by atoms with Gasteiger partial charge in [-0.2, -0.15) is 0 Å². The lowest BCUT2D eigenvalue weighted by Gasteiger charge is -1.99. The van der Waals surface area contributed by atoms with E-state index in [0.717, 1.165) is 18.2 Å². The van der Waals surface area contributed by atoms with Gasteiger partial charge < -0.3 is 0 Å². The largest absolute Gasteiger partial charge is 0.353 e. The Morgan fingerprint density at radius 2 is 1.36 bits per heavy atom. The number of hydrogen-bond acceptors (Lipinski definition) is 8. The Labute approximate surface area is 122 Å². The summed E-state index contributed by atoms with van der Waals surface area (Å²) in [6.45, 7) is 0. The van der Waals surface area contributed by atoms with E-state index >= 15 is 0 Å². The molecule has 0 saturated heterocycles. The Bertz CT molecular complexity index is 749. The molecule has 0 aliphatic heterocycles. The highest BCUT2D eigenvalue weighted by Gasteiger charge is 2.26. The lowest BCUT2D eigenvalue weighted by molar-refractivity contribution is -0.421. The van der Waals surface area contributed by atoms with Crippen LogP contribution >= 0.6 is 0 Å². The van der Waals surface area contributed by atoms with Crippen LogP contribution in [0.4, 0.5) is 11.4 Å². The molecule has 0 heterocycles. The maximum absolute atomic E-state index is 10.8. The van der Waals surface area contributed by atoms with E-state index in [-0.39, 0.29) is 5.39 Å². The molecule has 0 bridgehead atoms. The molecule has 0 aromatic heterocycles. The Balaban J connectivity index is 0.000000639. The summed E-state index contributed by atoms with van der Waals surface area (Å²) in [6, 6.07) is 9.16. The van der Waals surface area contributed by atoms with Gasteiger partial charge in [-0.1, -0.05) is 18.2 Å². The normalized spacial score (nSPS) is 8.18. The van der Waals surface area contributed by atoms with Gasteiger partial charge in [0.15, 0.2) is 0 Å². The van der Waals surface area contributed by atoms with Gasteiger partial charge in [0.25, 0.3) is 0 Å². The van der Waals surface area contributed by atoms with Crippen molar-refractivity contribution in [3.05, 3.63) is 56.6 Å². The van der Waals surface area contributed by atoms with Crippen molar-refractivity contribution in [2.75, 3.05) is 0 Å². The minimum Gasteiger partial charge on any atom is -0.258 e. The third kappa shape index (κ3) is 4.74. The fraction of sp³-hybridized carbons (Fsp3) is 0. The van der Waals surface area contributed by atoms with Gasteiger partial charge in [-0.3, -0.25) is 20.2 Å². The molecule has 2 N–H and O–H groups in total. The molecule has 0 radical (unpaired) electrons. The first-order valence-corrected chi connectivity index (χ1v) is 5.32. The SMILES string of the molecule is N=C=O.N=C=O.O=[N+]([O-])c1ccc2ccccc2c1[N+](=O)[O-]. The molecule has 10 heteroatoms. The van der Waals surface area contributed by atoms with Gasteiger partial charge in [-0.25, -0.2) is 20.4 Å². The Morgan fingerprint density at radius 3 is 1.82 bits per heavy atom. The first-order valence-electron chi connectivity index (χ1n) is 5.32. The quantitative estimate of drug-likeness (QED) is 0.373. The molecule has 10 nitrogen and oxygen atoms in total. The van der Waals surface area contributed by atoms with Crippen LogP contribution in [-0.2, 0) is 9.59 Å². The van der Waals surface area contributed by atoms with E-state index in [1.165, 1.54) is 12.1 Å². The second-order valence-electron chi connectivity index (χ2n) is 3.37. The van der Waals surface area contributed by atoms with E-state index in [2.05, 4.69) is 0 Å². The van der Waals surface area contributed by atoms with Crippen molar-refractivity contribution in [3.8, 4) is 0 Å². The molecule has 112 valence electrons. The third-order valence-electron chi connectivity index (χ3n) is 2.26. The third-order valence-corrected chi connectivity index (χ3v) is 2.26. The van der Waals surface area contributed by atoms with E-state index < -0.39 is 21.2 Å². The maximum atomic E-state index is 10.8. The summed E-state index contributed by atoms with van der Waals surface area (Å²) >= 11 is 0. The average molecular weight is 304 g/mol. The molecule has 0 spiro atoms. The molecular formula is C12H8N4O6. The minimum atomic E-state index is -0.745. The lowest BCUT2D eigenvalue weighted by atomic mass is 10.1. The van der Waals surface area contributed by atoms with Crippen LogP contribution in [0.5, 0.6) is 0 Å². The molecule has 2 rings (SSSR count). The number of carbonyl (C=O) groups excluding carboxylic acids is 2. The van der Waals surface area contributed by atoms with E-state index in [0.29, 0.717) is 5.39 Å². The van der Waals surface area contributed by atoms with E-state index in [4.69, 9.17) is 20.4 Å². The summed E-state index contributed by atoms with van der Waals surface area (Å²) in [5.74, 6) is 0. The number of nitrogens with one attached hydrogen (secondary N) is 2. The molecule has 2 aromatic rings. The van der Waals surface area contributed by atoms with Gasteiger partial charge in [0.05, 0.1) is 15.2 Å². The monoisotopic (exact) mass is 304 g/mol. The number of hydrogen-bond donors (Lipinski definition) is 2. The summed E-state index contributed by atoms with van der Waals surface area (Å²) in [5, 5.41) is 33.2. The standard InChI is InChI=1S/C10H6N2O4.2CHNO/c13-11(14)9-6-5-7-3-1-2-4-8(7)10(9)12(15)16;2*2-1-3/h1-6H;2*2H. The van der Waals surface area contributed by atoms with Crippen LogP contribution in [0.2, 0.25) is 0 Å². The fourth-order valence-electron chi connectivity index (χ4n) is 1.58. The van der Waals surface area contributed by atoms with Crippen molar-refractivity contribution in [1.29, 1.82) is 10.8 Å². The van der Waals surface area contributed by atoms with Gasteiger partial charge in [-0.05, 0) is 17.5 Å². The maximum Gasteiger partial charge on any atom is 0.353 e. The number of nitro benzene ring substituents is 2. The van der Waals surface area contributed by atoms with Gasteiger partial charge in [0.1, 0.15) is 0 Å². The smallest absolute Gasteiger partial charge is 0.258 e. The van der Waals surface area contributed by atoms with Crippen LogP contribution in [0.25, 0.3) is 10.8 Å². The van der Waals surface area contributed by atoms with Crippen LogP contribution < -0.4 is 0 Å². The second-order valence-corrected chi connectivity index (χ2v) is 3.37. The first kappa shape index (κ1) is 18.3. The number of isocyanates is 2. The first-order chi connectivity index (χ1) is 10.4. The summed E-state index contributed by atoms with van der Waals surface area (Å²) in [4.78, 5) is 36.7. The summed E-state index contributed by atoms with van der Waals surface area (Å²) in [6.07, 6.45) is 1.50. The van der Waals surface area contributed by atoms with Crippen LogP contribution in [0.1, 0.15) is 0 Å². The number of nitrogens with zero attached hydrogens (tertiary/aromatic N) is 2. The van der Waals surface area contributed by atoms with Gasteiger partial charge >= 0.3 is 11.4 Å². The topological polar surface area (TPSA) is 168 Å². The fourth-order valence-corrected chi connectivity index (χ4v) is 1.58. The Kier molecular flexibility index (Phi) is 7.64. The van der Waals surface area contributed by atoms with Crippen LogP contribution in [0.3, 0.4) is 0 Å². The molecule has 0 saturated carbocycles. The summed E-state index contributed by atoms with van der Waals surface area (Å²) < 4.78 is 0. The van der Waals surface area contributed by atoms with Crippen LogP contribution in [0.15, 0.2) is 36.4 Å². The highest BCUT2D eigenvalue weighted by Crippen LogP contribution is 2.34. The number of benzene rings is 2. The molecule has 0 aliphatic rings. The molecule has 0 fully saturated rings. The van der Waals surface area contributed by atoms with Crippen molar-refractivity contribution in [2.24, 2.45) is 0 Å². The zero-order chi connectivity index (χ0) is 17.1. The predicted molar refractivity (Wildman–Crippen MR) is 74.1 cm³/mol. The minimum absolute atomic E-state index is 0.279. The molecule has 0 unspecified atom stereocenters. The molecule has 0 aliphatic carbocycles. The lowest BCUT2D eigenvalue weighted by Crippen LogP contribution is -1.97. The summed E-state index contributed by atoms with van der Waals surface area (Å²) in [5.41, 5.74) is -0.938. The van der Waals surface area contributed by atoms with Crippen LogP contribution in [-0.4, -0.2) is 22.0 Å². The van der Waals surface area contributed by atoms with Crippen LogP contribution in [0, 0.1) is 31.0 Å². The summed E-state index contributed by atoms with van der Waals surface area (Å²) in [7, 11) is 0. The number of rotatable bonds is 2. The predicted octanol–water partition coefficient (Wildman–Crippen LogP) is 2.46. The van der Waals surface area contributed by atoms with Crippen molar-refractivity contribution < 1.29 is 19.4 Å². The zero-order valence-corrected chi connectivity index (χ0v) is 10.8. The number of nitro groups is 2. The van der Waals surface area contributed by atoms with Crippen molar-refractivity contribution in [3.63, 3.8) is 0 Å². The van der Waals surface area contributed by atoms with Gasteiger partial charge in [0.2, 0.25) is 12.2 Å². The average Bonchev–Trinajstić information content (AvgIpc) is 2.47. The highest BCUT2D eigenvalue weighted by atomic mass is 16.6. The molecule has 0 atom stereocenters. The van der Waals surface area contributed by atoms with E-state index in [1.807, 2.05) is 0 Å². The molecule has 22 heavy (non-hydrogen) atoms. The van der Waals surface area contributed by atoms with Crippen molar-refractivity contribution in [2.45, 2.75) is 0 Å². The van der Waals surface area contributed by atoms with Crippen molar-refractivity contribution in [1.82, 2.24) is 0 Å². The Hall–Kier alpha value is -3.74. The Morgan fingerprint density at radius 1 is 0.864 bits per heavy atom. The van der Waals surface area contributed by atoms with Gasteiger partial charge in [-0.15, -0.1) is 0 Å². The van der Waals surface area contributed by atoms with E-state index in [9.17, 15) is 20.2 Å². The second kappa shape index (κ2) is 9.21. The zero-order valence-electron chi connectivity index (χ0n) is 10.8. The highest BCUT2D eigenvalue weighted by molar-refractivity contribution is 5.94. The molecular weight excluding hydrogens is 296 g/mol. The molecule has 0 amide bonds.